The molecule has 3 atom stereocenters. The summed E-state index contributed by atoms with van der Waals surface area (Å²) in [6.45, 7) is 2.12. The van der Waals surface area contributed by atoms with E-state index < -0.39 is 17.6 Å². The van der Waals surface area contributed by atoms with Crippen LogP contribution in [0.3, 0.4) is 0 Å². The van der Waals surface area contributed by atoms with Gasteiger partial charge in [-0.15, -0.1) is 0 Å². The molecule has 2 rings (SSSR count). The SMILES string of the molecule is C[C@H]1[C@H](O)C(=O)NC12CNC2=O. The van der Waals surface area contributed by atoms with Gasteiger partial charge in [0, 0.05) is 5.92 Å². The minimum atomic E-state index is -1.05. The lowest BCUT2D eigenvalue weighted by Gasteiger charge is -2.40. The van der Waals surface area contributed by atoms with Crippen LogP contribution in [0.2, 0.25) is 0 Å². The first-order valence-corrected chi connectivity index (χ1v) is 3.86. The second-order valence-corrected chi connectivity index (χ2v) is 3.38. The highest BCUT2D eigenvalue weighted by Crippen LogP contribution is 2.31. The summed E-state index contributed by atoms with van der Waals surface area (Å²) in [6.07, 6.45) is -1.05. The van der Waals surface area contributed by atoms with Crippen LogP contribution in [0.25, 0.3) is 0 Å². The van der Waals surface area contributed by atoms with Crippen molar-refractivity contribution in [2.45, 2.75) is 18.6 Å². The first-order chi connectivity index (χ1) is 5.58. The molecule has 0 saturated carbocycles. The number of carbonyl (C=O) groups excluding carboxylic acids is 2. The number of rotatable bonds is 0. The fourth-order valence-electron chi connectivity index (χ4n) is 1.72. The van der Waals surface area contributed by atoms with Crippen LogP contribution in [0.5, 0.6) is 0 Å². The lowest BCUT2D eigenvalue weighted by molar-refractivity contribution is -0.137. The maximum Gasteiger partial charge on any atom is 0.250 e. The van der Waals surface area contributed by atoms with E-state index in [0.29, 0.717) is 6.54 Å². The van der Waals surface area contributed by atoms with Gasteiger partial charge in [-0.25, -0.2) is 0 Å². The zero-order valence-corrected chi connectivity index (χ0v) is 6.63. The lowest BCUT2D eigenvalue weighted by Crippen LogP contribution is -2.72. The largest absolute Gasteiger partial charge is 0.383 e. The van der Waals surface area contributed by atoms with Gasteiger partial charge in [0.25, 0.3) is 0 Å². The molecule has 0 aromatic carbocycles. The first-order valence-electron chi connectivity index (χ1n) is 3.86. The minimum absolute atomic E-state index is 0.195. The van der Waals surface area contributed by atoms with E-state index in [1.165, 1.54) is 0 Å². The fourth-order valence-corrected chi connectivity index (χ4v) is 1.72. The van der Waals surface area contributed by atoms with Crippen molar-refractivity contribution in [1.82, 2.24) is 10.6 Å². The molecular weight excluding hydrogens is 160 g/mol. The van der Waals surface area contributed by atoms with E-state index in [0.717, 1.165) is 0 Å². The molecule has 5 heteroatoms. The molecule has 0 aromatic heterocycles. The van der Waals surface area contributed by atoms with Crippen molar-refractivity contribution in [3.05, 3.63) is 0 Å². The third-order valence-corrected chi connectivity index (χ3v) is 2.80. The maximum absolute atomic E-state index is 11.1. The van der Waals surface area contributed by atoms with Crippen molar-refractivity contribution in [1.29, 1.82) is 0 Å². The molecular formula is C7H10N2O3. The van der Waals surface area contributed by atoms with Gasteiger partial charge in [0.15, 0.2) is 0 Å². The molecule has 3 N–H and O–H groups in total. The average molecular weight is 170 g/mol. The molecule has 2 aliphatic heterocycles. The van der Waals surface area contributed by atoms with Gasteiger partial charge < -0.3 is 15.7 Å². The van der Waals surface area contributed by atoms with E-state index in [9.17, 15) is 14.7 Å². The number of β-lactam (4-membered cyclic amide) rings is 1. The molecule has 0 aliphatic carbocycles. The molecule has 2 aliphatic rings. The Bertz CT molecular complexity index is 263. The van der Waals surface area contributed by atoms with Gasteiger partial charge in [0.1, 0.15) is 11.6 Å². The molecule has 2 fully saturated rings. The Balaban J connectivity index is 2.30. The summed E-state index contributed by atoms with van der Waals surface area (Å²) < 4.78 is 0. The topological polar surface area (TPSA) is 78.4 Å². The summed E-state index contributed by atoms with van der Waals surface area (Å²) in [5, 5.41) is 14.4. The highest BCUT2D eigenvalue weighted by atomic mass is 16.3. The van der Waals surface area contributed by atoms with Crippen molar-refractivity contribution in [3.8, 4) is 0 Å². The second-order valence-electron chi connectivity index (χ2n) is 3.38. The first kappa shape index (κ1) is 7.54. The predicted octanol–water partition coefficient (Wildman–Crippen LogP) is -2.02. The van der Waals surface area contributed by atoms with Crippen LogP contribution in [-0.2, 0) is 9.59 Å². The van der Waals surface area contributed by atoms with Gasteiger partial charge in [-0.1, -0.05) is 6.92 Å². The monoisotopic (exact) mass is 170 g/mol. The number of aliphatic hydroxyl groups excluding tert-OH is 1. The van der Waals surface area contributed by atoms with Crippen molar-refractivity contribution < 1.29 is 14.7 Å². The van der Waals surface area contributed by atoms with Crippen molar-refractivity contribution in [2.75, 3.05) is 6.54 Å². The molecule has 1 unspecified atom stereocenters. The Morgan fingerprint density at radius 2 is 2.25 bits per heavy atom. The third kappa shape index (κ3) is 0.621. The molecule has 2 amide bonds. The number of hydrogen-bond donors (Lipinski definition) is 3. The zero-order valence-electron chi connectivity index (χ0n) is 6.63. The van der Waals surface area contributed by atoms with Crippen LogP contribution >= 0.6 is 0 Å². The summed E-state index contributed by atoms with van der Waals surface area (Å²) >= 11 is 0. The number of hydrogen-bond acceptors (Lipinski definition) is 3. The molecule has 2 heterocycles. The van der Waals surface area contributed by atoms with Crippen LogP contribution in [0, 0.1) is 5.92 Å². The normalized spacial score (nSPS) is 45.5. The quantitative estimate of drug-likeness (QED) is 0.367. The standard InChI is InChI=1S/C7H10N2O3/c1-3-4(10)5(11)9-7(3)2-8-6(7)12/h3-4,10H,2H2,1H3,(H,8,12)(H,9,11)/t3-,4-,7?/m0/s1. The van der Waals surface area contributed by atoms with Gasteiger partial charge in [-0.05, 0) is 0 Å². The van der Waals surface area contributed by atoms with Gasteiger partial charge in [0.05, 0.1) is 6.54 Å². The third-order valence-electron chi connectivity index (χ3n) is 2.80. The summed E-state index contributed by atoms with van der Waals surface area (Å²) in [4.78, 5) is 22.1. The van der Waals surface area contributed by atoms with Gasteiger partial charge in [0.2, 0.25) is 11.8 Å². The highest BCUT2D eigenvalue weighted by Gasteiger charge is 2.59. The Morgan fingerprint density at radius 1 is 1.58 bits per heavy atom. The summed E-state index contributed by atoms with van der Waals surface area (Å²) in [5.74, 6) is -0.976. The second kappa shape index (κ2) is 1.98. The predicted molar refractivity (Wildman–Crippen MR) is 39.1 cm³/mol. The summed E-state index contributed by atoms with van der Waals surface area (Å²) in [5.41, 5.74) is -0.823. The number of amides is 2. The number of nitrogens with one attached hydrogen (secondary N) is 2. The smallest absolute Gasteiger partial charge is 0.250 e. The Morgan fingerprint density at radius 3 is 2.42 bits per heavy atom. The number of carbonyl (C=O) groups is 2. The molecule has 0 aromatic rings. The lowest BCUT2D eigenvalue weighted by atomic mass is 9.80. The molecule has 66 valence electrons. The van der Waals surface area contributed by atoms with E-state index in [-0.39, 0.29) is 11.8 Å². The van der Waals surface area contributed by atoms with E-state index in [1.807, 2.05) is 0 Å². The minimum Gasteiger partial charge on any atom is -0.383 e. The van der Waals surface area contributed by atoms with E-state index >= 15 is 0 Å². The van der Waals surface area contributed by atoms with Crippen molar-refractivity contribution in [3.63, 3.8) is 0 Å². The van der Waals surface area contributed by atoms with E-state index in [1.54, 1.807) is 6.92 Å². The zero-order chi connectivity index (χ0) is 8.93. The van der Waals surface area contributed by atoms with Gasteiger partial charge in [-0.3, -0.25) is 9.59 Å². The summed E-state index contributed by atoms with van der Waals surface area (Å²) in [6, 6.07) is 0. The van der Waals surface area contributed by atoms with Crippen LogP contribution in [0.15, 0.2) is 0 Å². The van der Waals surface area contributed by atoms with Gasteiger partial charge in [-0.2, -0.15) is 0 Å². The van der Waals surface area contributed by atoms with E-state index in [4.69, 9.17) is 0 Å². The Hall–Kier alpha value is -1.10. The average Bonchev–Trinajstić information content (AvgIpc) is 2.29. The molecule has 1 spiro atoms. The van der Waals surface area contributed by atoms with Crippen molar-refractivity contribution >= 4 is 11.8 Å². The van der Waals surface area contributed by atoms with Crippen LogP contribution < -0.4 is 10.6 Å². The molecule has 5 nitrogen and oxygen atoms in total. The Labute approximate surface area is 69.1 Å². The molecule has 12 heavy (non-hydrogen) atoms. The maximum atomic E-state index is 11.1. The number of aliphatic hydroxyl groups is 1. The van der Waals surface area contributed by atoms with E-state index in [2.05, 4.69) is 10.6 Å². The fraction of sp³-hybridized carbons (Fsp3) is 0.714. The molecule has 2 saturated heterocycles. The molecule has 0 bridgehead atoms. The molecule has 0 radical (unpaired) electrons. The van der Waals surface area contributed by atoms with Crippen LogP contribution in [-0.4, -0.2) is 35.1 Å². The van der Waals surface area contributed by atoms with Gasteiger partial charge >= 0.3 is 0 Å². The van der Waals surface area contributed by atoms with Crippen LogP contribution in [0.4, 0.5) is 0 Å². The van der Waals surface area contributed by atoms with Crippen LogP contribution in [0.1, 0.15) is 6.92 Å². The summed E-state index contributed by atoms with van der Waals surface area (Å²) in [7, 11) is 0. The highest BCUT2D eigenvalue weighted by molar-refractivity contribution is 6.01. The van der Waals surface area contributed by atoms with Crippen molar-refractivity contribution in [2.24, 2.45) is 5.92 Å². The Kier molecular flexibility index (Phi) is 1.24.